The largest absolute Gasteiger partial charge is 0.431 e. The van der Waals surface area contributed by atoms with Crippen molar-refractivity contribution in [2.24, 2.45) is 0 Å². The first-order chi connectivity index (χ1) is 6.68. The van der Waals surface area contributed by atoms with Crippen LogP contribution in [0.1, 0.15) is 0 Å². The van der Waals surface area contributed by atoms with E-state index in [1.807, 2.05) is 0 Å². The van der Waals surface area contributed by atoms with Crippen LogP contribution in [0.25, 0.3) is 0 Å². The highest BCUT2D eigenvalue weighted by Crippen LogP contribution is 2.26. The van der Waals surface area contributed by atoms with Crippen molar-refractivity contribution >= 4 is 11.9 Å². The predicted molar refractivity (Wildman–Crippen MR) is 39.7 cm³/mol. The van der Waals surface area contributed by atoms with E-state index >= 15 is 0 Å². The summed E-state index contributed by atoms with van der Waals surface area (Å²) in [6.45, 7) is 0.156. The number of hydrogen-bond acceptors (Lipinski definition) is 7. The molecule has 2 unspecified atom stereocenters. The van der Waals surface area contributed by atoms with E-state index < -0.39 is 30.6 Å². The fourth-order valence-corrected chi connectivity index (χ4v) is 1.37. The number of aliphatic hydroxyl groups is 1. The maximum atomic E-state index is 10.9. The lowest BCUT2D eigenvalue weighted by molar-refractivity contribution is -0.320. The topological polar surface area (TPSA) is 94.1 Å². The molecule has 2 atom stereocenters. The number of rotatable bonds is 1. The second-order valence-corrected chi connectivity index (χ2v) is 2.95. The van der Waals surface area contributed by atoms with E-state index in [2.05, 4.69) is 10.1 Å². The summed E-state index contributed by atoms with van der Waals surface area (Å²) >= 11 is 0. The van der Waals surface area contributed by atoms with Crippen LogP contribution in [0.2, 0.25) is 0 Å². The second-order valence-electron chi connectivity index (χ2n) is 2.95. The van der Waals surface area contributed by atoms with Gasteiger partial charge in [0.25, 0.3) is 5.79 Å². The lowest BCUT2D eigenvalue weighted by Crippen LogP contribution is -2.67. The van der Waals surface area contributed by atoms with Crippen LogP contribution in [-0.2, 0) is 23.8 Å². The molecular weight excluding hydrogens is 194 g/mol. The first kappa shape index (κ1) is 9.38. The third-order valence-electron chi connectivity index (χ3n) is 2.06. The van der Waals surface area contributed by atoms with Crippen LogP contribution in [0.5, 0.6) is 0 Å². The molecule has 14 heavy (non-hydrogen) atoms. The molecule has 0 bridgehead atoms. The summed E-state index contributed by atoms with van der Waals surface area (Å²) in [6, 6.07) is 0. The molecule has 0 spiro atoms. The fourth-order valence-electron chi connectivity index (χ4n) is 1.37. The molecule has 78 valence electrons. The standard InChI is InChI=1S/C7H9NO6/c9-3-7-6(8-1-2-12-7)13-4(10)5(11)14-7/h6,8-9H,1-3H2. The molecule has 2 fully saturated rings. The molecule has 0 aromatic heterocycles. The minimum atomic E-state index is -1.58. The minimum absolute atomic E-state index is 0.266. The summed E-state index contributed by atoms with van der Waals surface area (Å²) in [4.78, 5) is 21.7. The smallest absolute Gasteiger partial charge is 0.420 e. The Labute approximate surface area is 78.9 Å². The van der Waals surface area contributed by atoms with Gasteiger partial charge in [0.1, 0.15) is 6.61 Å². The van der Waals surface area contributed by atoms with Crippen molar-refractivity contribution in [2.75, 3.05) is 19.8 Å². The average Bonchev–Trinajstić information content (AvgIpc) is 2.20. The zero-order chi connectivity index (χ0) is 10.2. The van der Waals surface area contributed by atoms with E-state index in [0.717, 1.165) is 0 Å². The van der Waals surface area contributed by atoms with Gasteiger partial charge in [-0.3, -0.25) is 5.32 Å². The highest BCUT2D eigenvalue weighted by molar-refractivity contribution is 6.30. The van der Waals surface area contributed by atoms with Crippen LogP contribution in [0.4, 0.5) is 0 Å². The number of fused-ring (bicyclic) bond motifs is 1. The molecule has 2 N–H and O–H groups in total. The van der Waals surface area contributed by atoms with Gasteiger partial charge in [-0.2, -0.15) is 0 Å². The number of carbonyl (C=O) groups is 2. The zero-order valence-electron chi connectivity index (χ0n) is 7.19. The first-order valence-electron chi connectivity index (χ1n) is 4.10. The molecule has 0 radical (unpaired) electrons. The molecule has 2 heterocycles. The normalized spacial score (nSPS) is 37.1. The number of hydrogen-bond donors (Lipinski definition) is 2. The highest BCUT2D eigenvalue weighted by Gasteiger charge is 2.53. The van der Waals surface area contributed by atoms with Gasteiger partial charge >= 0.3 is 11.9 Å². The molecule has 0 aliphatic carbocycles. The van der Waals surface area contributed by atoms with E-state index in [4.69, 9.17) is 14.6 Å². The highest BCUT2D eigenvalue weighted by atomic mass is 16.8. The van der Waals surface area contributed by atoms with Gasteiger partial charge in [0.05, 0.1) is 6.61 Å². The van der Waals surface area contributed by atoms with E-state index in [9.17, 15) is 9.59 Å². The van der Waals surface area contributed by atoms with Crippen LogP contribution in [0.3, 0.4) is 0 Å². The van der Waals surface area contributed by atoms with Crippen LogP contribution < -0.4 is 5.32 Å². The fraction of sp³-hybridized carbons (Fsp3) is 0.714. The number of nitrogens with one attached hydrogen (secondary N) is 1. The Morgan fingerprint density at radius 1 is 1.50 bits per heavy atom. The van der Waals surface area contributed by atoms with Gasteiger partial charge in [-0.1, -0.05) is 0 Å². The van der Waals surface area contributed by atoms with Gasteiger partial charge in [-0.15, -0.1) is 0 Å². The summed E-state index contributed by atoms with van der Waals surface area (Å²) < 4.78 is 14.5. The van der Waals surface area contributed by atoms with Crippen molar-refractivity contribution in [3.8, 4) is 0 Å². The lowest BCUT2D eigenvalue weighted by Gasteiger charge is -2.42. The van der Waals surface area contributed by atoms with Crippen LogP contribution in [-0.4, -0.2) is 48.8 Å². The van der Waals surface area contributed by atoms with E-state index in [1.165, 1.54) is 0 Å². The Hall–Kier alpha value is -1.18. The molecule has 2 rings (SSSR count). The van der Waals surface area contributed by atoms with E-state index in [-0.39, 0.29) is 6.61 Å². The molecule has 0 aromatic carbocycles. The third-order valence-corrected chi connectivity index (χ3v) is 2.06. The molecule has 0 aromatic rings. The number of ether oxygens (including phenoxy) is 3. The summed E-state index contributed by atoms with van der Waals surface area (Å²) in [5.41, 5.74) is 0. The van der Waals surface area contributed by atoms with Crippen LogP contribution in [0, 0.1) is 0 Å². The molecule has 0 amide bonds. The minimum Gasteiger partial charge on any atom is -0.431 e. The third kappa shape index (κ3) is 1.26. The first-order valence-corrected chi connectivity index (χ1v) is 4.10. The van der Waals surface area contributed by atoms with Gasteiger partial charge in [0, 0.05) is 6.54 Å². The Morgan fingerprint density at radius 2 is 2.29 bits per heavy atom. The summed E-state index contributed by atoms with van der Waals surface area (Å²) in [6.07, 6.45) is -0.938. The van der Waals surface area contributed by atoms with Crippen LogP contribution in [0.15, 0.2) is 0 Å². The second kappa shape index (κ2) is 3.19. The van der Waals surface area contributed by atoms with E-state index in [0.29, 0.717) is 6.54 Å². The molecule has 7 nitrogen and oxygen atoms in total. The summed E-state index contributed by atoms with van der Waals surface area (Å²) in [7, 11) is 0. The van der Waals surface area contributed by atoms with Crippen molar-refractivity contribution in [1.29, 1.82) is 0 Å². The Morgan fingerprint density at radius 3 is 3.00 bits per heavy atom. The number of carbonyl (C=O) groups excluding carboxylic acids is 2. The number of esters is 2. The predicted octanol–water partition coefficient (Wildman–Crippen LogP) is -2.28. The van der Waals surface area contributed by atoms with Crippen LogP contribution >= 0.6 is 0 Å². The summed E-state index contributed by atoms with van der Waals surface area (Å²) in [5.74, 6) is -3.82. The van der Waals surface area contributed by atoms with Gasteiger partial charge in [0.2, 0.25) is 6.23 Å². The molecule has 0 saturated carbocycles. The lowest BCUT2D eigenvalue weighted by atomic mass is 10.2. The van der Waals surface area contributed by atoms with Crippen molar-refractivity contribution < 1.29 is 28.9 Å². The average molecular weight is 203 g/mol. The summed E-state index contributed by atoms with van der Waals surface area (Å²) in [5, 5.41) is 11.8. The van der Waals surface area contributed by atoms with Gasteiger partial charge in [0.15, 0.2) is 0 Å². The molecule has 2 saturated heterocycles. The van der Waals surface area contributed by atoms with Gasteiger partial charge in [-0.05, 0) is 0 Å². The Kier molecular flexibility index (Phi) is 2.14. The SMILES string of the molecule is O=C1OC2NCCOC2(CO)OC1=O. The van der Waals surface area contributed by atoms with Gasteiger partial charge < -0.3 is 19.3 Å². The van der Waals surface area contributed by atoms with Crippen molar-refractivity contribution in [3.05, 3.63) is 0 Å². The van der Waals surface area contributed by atoms with Crippen molar-refractivity contribution in [1.82, 2.24) is 5.32 Å². The van der Waals surface area contributed by atoms with E-state index in [1.54, 1.807) is 0 Å². The van der Waals surface area contributed by atoms with Crippen molar-refractivity contribution in [3.63, 3.8) is 0 Å². The Balaban J connectivity index is 2.23. The molecule has 7 heteroatoms. The quantitative estimate of drug-likeness (QED) is 0.366. The monoisotopic (exact) mass is 203 g/mol. The molecular formula is C7H9NO6. The molecule has 2 aliphatic rings. The Bertz CT molecular complexity index is 279. The molecule has 2 aliphatic heterocycles. The maximum absolute atomic E-state index is 10.9. The number of morpholine rings is 1. The zero-order valence-corrected chi connectivity index (χ0v) is 7.19. The van der Waals surface area contributed by atoms with Crippen molar-refractivity contribution in [2.45, 2.75) is 12.0 Å². The van der Waals surface area contributed by atoms with Gasteiger partial charge in [-0.25, -0.2) is 9.59 Å². The maximum Gasteiger partial charge on any atom is 0.420 e. The number of aliphatic hydroxyl groups excluding tert-OH is 1.